The Morgan fingerprint density at radius 1 is 0.978 bits per heavy atom. The number of nitrogen functional groups attached to an aromatic ring is 1. The third kappa shape index (κ3) is 10.5. The van der Waals surface area contributed by atoms with E-state index in [1.54, 1.807) is 52.6 Å². The SMILES string of the molecule is CCOC(=O)/C(C)=C/[C@H](C(C)C)N(C)C(=O)[C@@H](NC(=O)C(N(C)C(=O)OC(C)(C)C)C(C)(C)c1ccc(C)c(N)c1)C(C)(C)C. The highest BCUT2D eigenvalue weighted by atomic mass is 16.6. The normalized spacial score (nSPS) is 14.7. The monoisotopic (exact) mass is 630 g/mol. The summed E-state index contributed by atoms with van der Waals surface area (Å²) in [6, 6.07) is 3.08. The van der Waals surface area contributed by atoms with E-state index < -0.39 is 52.5 Å². The molecule has 0 fully saturated rings. The number of benzene rings is 1. The average molecular weight is 631 g/mol. The van der Waals surface area contributed by atoms with Crippen molar-refractivity contribution >= 4 is 29.6 Å². The van der Waals surface area contributed by atoms with E-state index in [1.807, 2.05) is 73.6 Å². The smallest absolute Gasteiger partial charge is 0.410 e. The standard InChI is InChI=1S/C35H58N4O6/c1-16-44-31(42)23(5)19-26(21(2)3)38(14)30(41)27(33(6,7)8)37-29(40)28(39(15)32(43)45-34(9,10)11)35(12,13)24-18-17-22(4)25(36)20-24/h17-21,26-28H,16,36H2,1-15H3,(H,37,40)/b23-19+/t26-,27-,28?/m1/s1. The number of anilines is 1. The number of nitrogens with one attached hydrogen (secondary N) is 1. The number of amides is 3. The molecule has 0 heterocycles. The second-order valence-corrected chi connectivity index (χ2v) is 14.8. The molecule has 10 heteroatoms. The van der Waals surface area contributed by atoms with Crippen LogP contribution in [0.2, 0.25) is 0 Å². The molecule has 0 saturated carbocycles. The van der Waals surface area contributed by atoms with Gasteiger partial charge in [-0.25, -0.2) is 9.59 Å². The topological polar surface area (TPSA) is 131 Å². The van der Waals surface area contributed by atoms with Crippen LogP contribution in [0.15, 0.2) is 29.8 Å². The highest BCUT2D eigenvalue weighted by Crippen LogP contribution is 2.34. The fourth-order valence-corrected chi connectivity index (χ4v) is 5.17. The Labute approximate surface area is 271 Å². The van der Waals surface area contributed by atoms with Gasteiger partial charge in [0.15, 0.2) is 0 Å². The molecule has 3 N–H and O–H groups in total. The van der Waals surface area contributed by atoms with Crippen LogP contribution in [0.25, 0.3) is 0 Å². The lowest BCUT2D eigenvalue weighted by atomic mass is 9.75. The van der Waals surface area contributed by atoms with Crippen molar-refractivity contribution in [2.75, 3.05) is 26.4 Å². The summed E-state index contributed by atoms with van der Waals surface area (Å²) in [5, 5.41) is 3.01. The summed E-state index contributed by atoms with van der Waals surface area (Å²) in [5.41, 5.74) is 6.40. The van der Waals surface area contributed by atoms with E-state index in [4.69, 9.17) is 15.2 Å². The zero-order chi connectivity index (χ0) is 35.2. The Bertz CT molecular complexity index is 1260. The molecule has 1 aromatic carbocycles. The van der Waals surface area contributed by atoms with Crippen molar-refractivity contribution in [3.8, 4) is 0 Å². The maximum absolute atomic E-state index is 14.4. The number of rotatable bonds is 11. The van der Waals surface area contributed by atoms with Gasteiger partial charge in [-0.15, -0.1) is 0 Å². The van der Waals surface area contributed by atoms with Crippen molar-refractivity contribution < 1.29 is 28.7 Å². The number of esters is 1. The number of carbonyl (C=O) groups excluding carboxylic acids is 4. The lowest BCUT2D eigenvalue weighted by Gasteiger charge is -2.42. The molecule has 1 aromatic rings. The Hall–Kier alpha value is -3.56. The lowest BCUT2D eigenvalue weighted by Crippen LogP contribution is -2.63. The van der Waals surface area contributed by atoms with E-state index in [1.165, 1.54) is 11.9 Å². The van der Waals surface area contributed by atoms with E-state index in [0.29, 0.717) is 11.3 Å². The maximum atomic E-state index is 14.4. The average Bonchev–Trinajstić information content (AvgIpc) is 2.89. The van der Waals surface area contributed by atoms with Crippen LogP contribution in [0.5, 0.6) is 0 Å². The van der Waals surface area contributed by atoms with Gasteiger partial charge in [-0.1, -0.05) is 66.7 Å². The van der Waals surface area contributed by atoms with Crippen molar-refractivity contribution in [3.05, 3.63) is 41.0 Å². The largest absolute Gasteiger partial charge is 0.463 e. The Morgan fingerprint density at radius 3 is 1.98 bits per heavy atom. The second kappa shape index (κ2) is 15.1. The van der Waals surface area contributed by atoms with Gasteiger partial charge >= 0.3 is 12.1 Å². The molecule has 45 heavy (non-hydrogen) atoms. The first-order valence-electron chi connectivity index (χ1n) is 15.6. The van der Waals surface area contributed by atoms with Crippen molar-refractivity contribution in [2.45, 2.75) is 119 Å². The minimum absolute atomic E-state index is 0.0448. The molecule has 3 amide bonds. The van der Waals surface area contributed by atoms with Crippen LogP contribution in [0.3, 0.4) is 0 Å². The molecular formula is C35H58N4O6. The molecule has 0 saturated heterocycles. The van der Waals surface area contributed by atoms with Gasteiger partial charge < -0.3 is 25.4 Å². The molecule has 3 atom stereocenters. The zero-order valence-corrected chi connectivity index (χ0v) is 30.2. The molecule has 0 aromatic heterocycles. The number of likely N-dealkylation sites (N-methyl/N-ethyl adjacent to an activating group) is 2. The Kier molecular flexibility index (Phi) is 13.3. The van der Waals surface area contributed by atoms with Crippen LogP contribution >= 0.6 is 0 Å². The molecule has 0 aliphatic heterocycles. The van der Waals surface area contributed by atoms with Gasteiger partial charge in [0.05, 0.1) is 12.6 Å². The third-order valence-electron chi connectivity index (χ3n) is 7.92. The van der Waals surface area contributed by atoms with Crippen LogP contribution in [-0.4, -0.2) is 78.1 Å². The number of nitrogens with zero attached hydrogens (tertiary/aromatic N) is 2. The predicted molar refractivity (Wildman–Crippen MR) is 180 cm³/mol. The van der Waals surface area contributed by atoms with Gasteiger partial charge in [-0.3, -0.25) is 14.5 Å². The quantitative estimate of drug-likeness (QED) is 0.185. The fourth-order valence-electron chi connectivity index (χ4n) is 5.17. The van der Waals surface area contributed by atoms with Crippen LogP contribution in [-0.2, 0) is 29.3 Å². The third-order valence-corrected chi connectivity index (χ3v) is 7.92. The van der Waals surface area contributed by atoms with Crippen LogP contribution in [0.4, 0.5) is 10.5 Å². The molecule has 0 spiro atoms. The van der Waals surface area contributed by atoms with Gasteiger partial charge in [-0.2, -0.15) is 0 Å². The Morgan fingerprint density at radius 2 is 1.53 bits per heavy atom. The first-order valence-corrected chi connectivity index (χ1v) is 15.6. The van der Waals surface area contributed by atoms with Gasteiger partial charge in [0, 0.05) is 30.8 Å². The molecule has 0 aliphatic rings. The number of carbonyl (C=O) groups is 4. The number of hydrogen-bond donors (Lipinski definition) is 2. The lowest BCUT2D eigenvalue weighted by molar-refractivity contribution is -0.142. The summed E-state index contributed by atoms with van der Waals surface area (Å²) >= 11 is 0. The molecular weight excluding hydrogens is 572 g/mol. The van der Waals surface area contributed by atoms with Gasteiger partial charge in [0.1, 0.15) is 17.7 Å². The van der Waals surface area contributed by atoms with Gasteiger partial charge in [0.2, 0.25) is 11.8 Å². The molecule has 0 radical (unpaired) electrons. The second-order valence-electron chi connectivity index (χ2n) is 14.8. The molecule has 1 unspecified atom stereocenters. The molecule has 1 rings (SSSR count). The summed E-state index contributed by atoms with van der Waals surface area (Å²) in [7, 11) is 3.19. The Balaban J connectivity index is 3.67. The maximum Gasteiger partial charge on any atom is 0.410 e. The summed E-state index contributed by atoms with van der Waals surface area (Å²) in [6.45, 7) is 24.0. The summed E-state index contributed by atoms with van der Waals surface area (Å²) in [5.74, 6) is -1.35. The molecule has 254 valence electrons. The van der Waals surface area contributed by atoms with Crippen molar-refractivity contribution in [3.63, 3.8) is 0 Å². The summed E-state index contributed by atoms with van der Waals surface area (Å²) in [6.07, 6.45) is 1.05. The number of hydrogen-bond acceptors (Lipinski definition) is 7. The van der Waals surface area contributed by atoms with Gasteiger partial charge in [-0.05, 0) is 70.1 Å². The van der Waals surface area contributed by atoms with Crippen LogP contribution in [0.1, 0.15) is 94.2 Å². The highest BCUT2D eigenvalue weighted by Gasteiger charge is 2.46. The number of ether oxygens (including phenoxy) is 2. The predicted octanol–water partition coefficient (Wildman–Crippen LogP) is 5.61. The van der Waals surface area contributed by atoms with Gasteiger partial charge in [0.25, 0.3) is 0 Å². The fraction of sp³-hybridized carbons (Fsp3) is 0.657. The van der Waals surface area contributed by atoms with E-state index >= 15 is 0 Å². The van der Waals surface area contributed by atoms with E-state index in [0.717, 1.165) is 11.1 Å². The minimum atomic E-state index is -1.08. The summed E-state index contributed by atoms with van der Waals surface area (Å²) < 4.78 is 10.8. The highest BCUT2D eigenvalue weighted by molar-refractivity contribution is 5.93. The number of aryl methyl sites for hydroxylation is 1. The zero-order valence-electron chi connectivity index (χ0n) is 30.2. The minimum Gasteiger partial charge on any atom is -0.463 e. The first kappa shape index (κ1) is 39.5. The molecule has 0 bridgehead atoms. The van der Waals surface area contributed by atoms with E-state index in [-0.39, 0.29) is 18.4 Å². The van der Waals surface area contributed by atoms with Crippen molar-refractivity contribution in [1.82, 2.24) is 15.1 Å². The molecule has 10 nitrogen and oxygen atoms in total. The first-order chi connectivity index (χ1) is 20.4. The number of nitrogens with two attached hydrogens (primary N) is 1. The van der Waals surface area contributed by atoms with Crippen LogP contribution < -0.4 is 11.1 Å². The van der Waals surface area contributed by atoms with E-state index in [2.05, 4.69) is 5.32 Å². The van der Waals surface area contributed by atoms with Crippen LogP contribution in [0, 0.1) is 18.3 Å². The van der Waals surface area contributed by atoms with E-state index in [9.17, 15) is 19.2 Å². The summed E-state index contributed by atoms with van der Waals surface area (Å²) in [4.78, 5) is 57.2. The molecule has 0 aliphatic carbocycles. The van der Waals surface area contributed by atoms with Crippen molar-refractivity contribution in [2.24, 2.45) is 11.3 Å². The van der Waals surface area contributed by atoms with Crippen molar-refractivity contribution in [1.29, 1.82) is 0 Å².